The van der Waals surface area contributed by atoms with Crippen LogP contribution in [0.4, 0.5) is 5.95 Å². The van der Waals surface area contributed by atoms with Gasteiger partial charge in [0.1, 0.15) is 0 Å². The number of nitrogens with one attached hydrogen (secondary N) is 2. The number of amides is 1. The van der Waals surface area contributed by atoms with Gasteiger partial charge in [0, 0.05) is 12.4 Å². The van der Waals surface area contributed by atoms with E-state index in [2.05, 4.69) is 15.3 Å². The van der Waals surface area contributed by atoms with Crippen molar-refractivity contribution in [1.82, 2.24) is 9.97 Å². The minimum Gasteiger partial charge on any atom is -0.331 e. The van der Waals surface area contributed by atoms with Gasteiger partial charge in [0.05, 0.1) is 6.42 Å². The Morgan fingerprint density at radius 2 is 2.13 bits per heavy atom. The fraction of sp³-hybridized carbons (Fsp3) is 0. The van der Waals surface area contributed by atoms with E-state index in [1.807, 2.05) is 30.3 Å². The third-order valence-corrected chi connectivity index (χ3v) is 1.84. The van der Waals surface area contributed by atoms with E-state index in [1.165, 1.54) is 6.42 Å². The number of aromatic amines is 1. The van der Waals surface area contributed by atoms with Crippen molar-refractivity contribution in [2.75, 3.05) is 5.32 Å². The average molecular weight is 200 g/mol. The molecule has 0 spiro atoms. The molecule has 15 heavy (non-hydrogen) atoms. The molecule has 0 unspecified atom stereocenters. The second-order valence-electron chi connectivity index (χ2n) is 2.98. The second kappa shape index (κ2) is 4.41. The first-order valence-corrected chi connectivity index (χ1v) is 4.55. The Morgan fingerprint density at radius 3 is 2.80 bits per heavy atom. The summed E-state index contributed by atoms with van der Waals surface area (Å²) in [5.41, 5.74) is 0.863. The maximum Gasteiger partial charge on any atom is 0.235 e. The van der Waals surface area contributed by atoms with Gasteiger partial charge in [-0.1, -0.05) is 30.3 Å². The highest BCUT2D eigenvalue weighted by atomic mass is 16.1. The molecule has 75 valence electrons. The number of carbonyl (C=O) groups is 1. The highest BCUT2D eigenvalue weighted by Gasteiger charge is 2.04. The van der Waals surface area contributed by atoms with Gasteiger partial charge in [-0.3, -0.25) is 10.1 Å². The first kappa shape index (κ1) is 9.45. The molecule has 4 heteroatoms. The van der Waals surface area contributed by atoms with Gasteiger partial charge in [-0.2, -0.15) is 0 Å². The van der Waals surface area contributed by atoms with Crippen LogP contribution in [-0.2, 0) is 4.79 Å². The minimum atomic E-state index is -0.198. The van der Waals surface area contributed by atoms with Crippen LogP contribution in [-0.4, -0.2) is 15.9 Å². The Hall–Kier alpha value is -2.10. The van der Waals surface area contributed by atoms with Crippen molar-refractivity contribution in [3.05, 3.63) is 54.7 Å². The number of hydrogen-bond acceptors (Lipinski definition) is 2. The van der Waals surface area contributed by atoms with Crippen molar-refractivity contribution in [2.24, 2.45) is 0 Å². The number of rotatable bonds is 3. The van der Waals surface area contributed by atoms with Crippen molar-refractivity contribution in [3.63, 3.8) is 0 Å². The number of hydrogen-bond donors (Lipinski definition) is 2. The summed E-state index contributed by atoms with van der Waals surface area (Å²) in [7, 11) is 0. The van der Waals surface area contributed by atoms with Gasteiger partial charge in [0.25, 0.3) is 0 Å². The molecule has 1 radical (unpaired) electrons. The number of aromatic nitrogens is 2. The highest BCUT2D eigenvalue weighted by Crippen LogP contribution is 2.04. The molecule has 0 saturated carbocycles. The van der Waals surface area contributed by atoms with Crippen molar-refractivity contribution < 1.29 is 4.79 Å². The lowest BCUT2D eigenvalue weighted by Crippen LogP contribution is -2.13. The topological polar surface area (TPSA) is 57.8 Å². The van der Waals surface area contributed by atoms with E-state index in [1.54, 1.807) is 12.4 Å². The van der Waals surface area contributed by atoms with Gasteiger partial charge in [-0.15, -0.1) is 0 Å². The highest BCUT2D eigenvalue weighted by molar-refractivity contribution is 5.98. The van der Waals surface area contributed by atoms with Crippen LogP contribution in [0.2, 0.25) is 0 Å². The van der Waals surface area contributed by atoms with Gasteiger partial charge in [0.15, 0.2) is 0 Å². The number of H-pyrrole nitrogens is 1. The lowest BCUT2D eigenvalue weighted by molar-refractivity contribution is -0.112. The molecule has 1 aromatic carbocycles. The summed E-state index contributed by atoms with van der Waals surface area (Å²) in [5.74, 6) is 0.253. The van der Waals surface area contributed by atoms with Crippen LogP contribution in [0.3, 0.4) is 0 Å². The lowest BCUT2D eigenvalue weighted by Gasteiger charge is -2.00. The van der Waals surface area contributed by atoms with E-state index in [9.17, 15) is 4.79 Å². The molecule has 1 aromatic heterocycles. The molecule has 0 aliphatic rings. The van der Waals surface area contributed by atoms with Crippen LogP contribution in [0.25, 0.3) is 0 Å². The molecule has 2 N–H and O–H groups in total. The molecule has 4 nitrogen and oxygen atoms in total. The van der Waals surface area contributed by atoms with Gasteiger partial charge in [0.2, 0.25) is 11.9 Å². The maximum atomic E-state index is 11.5. The Labute approximate surface area is 87.4 Å². The maximum absolute atomic E-state index is 11.5. The predicted octanol–water partition coefficient (Wildman–Crippen LogP) is 1.60. The molecule has 0 aliphatic carbocycles. The molecule has 2 aromatic rings. The van der Waals surface area contributed by atoms with E-state index >= 15 is 0 Å². The fourth-order valence-corrected chi connectivity index (χ4v) is 1.19. The molecule has 0 fully saturated rings. The SMILES string of the molecule is O=C([CH]c1ccccc1)Nc1ncc[nH]1. The van der Waals surface area contributed by atoms with E-state index in [0.29, 0.717) is 5.95 Å². The quantitative estimate of drug-likeness (QED) is 0.790. The summed E-state index contributed by atoms with van der Waals surface area (Å²) in [6.07, 6.45) is 4.75. The molecule has 1 heterocycles. The predicted molar refractivity (Wildman–Crippen MR) is 57.1 cm³/mol. The standard InChI is InChI=1S/C11H10N3O/c15-10(14-11-12-6-7-13-11)8-9-4-2-1-3-5-9/h1-8H,(H2,12,13,14,15). The summed E-state index contributed by atoms with van der Waals surface area (Å²) in [6, 6.07) is 9.39. The third-order valence-electron chi connectivity index (χ3n) is 1.84. The molecule has 0 aliphatic heterocycles. The Morgan fingerprint density at radius 1 is 1.33 bits per heavy atom. The first-order chi connectivity index (χ1) is 7.34. The van der Waals surface area contributed by atoms with Crippen molar-refractivity contribution in [2.45, 2.75) is 0 Å². The fourth-order valence-electron chi connectivity index (χ4n) is 1.19. The number of benzene rings is 1. The van der Waals surface area contributed by atoms with Crippen molar-refractivity contribution >= 4 is 11.9 Å². The van der Waals surface area contributed by atoms with E-state index in [4.69, 9.17) is 0 Å². The van der Waals surface area contributed by atoms with Crippen LogP contribution >= 0.6 is 0 Å². The first-order valence-electron chi connectivity index (χ1n) is 4.55. The van der Waals surface area contributed by atoms with Crippen LogP contribution in [0.15, 0.2) is 42.7 Å². The summed E-state index contributed by atoms with van der Waals surface area (Å²) in [5, 5.41) is 2.61. The van der Waals surface area contributed by atoms with Crippen LogP contribution < -0.4 is 5.32 Å². The van der Waals surface area contributed by atoms with Gasteiger partial charge in [-0.05, 0) is 5.56 Å². The van der Waals surface area contributed by atoms with E-state index in [0.717, 1.165) is 5.56 Å². The Bertz CT molecular complexity index is 422. The number of nitrogens with zero attached hydrogens (tertiary/aromatic N) is 1. The van der Waals surface area contributed by atoms with Gasteiger partial charge in [-0.25, -0.2) is 4.98 Å². The molecular formula is C11H10N3O. The summed E-state index contributed by atoms with van der Waals surface area (Å²) < 4.78 is 0. The Kier molecular flexibility index (Phi) is 2.78. The number of carbonyl (C=O) groups excluding carboxylic acids is 1. The van der Waals surface area contributed by atoms with Crippen LogP contribution in [0.1, 0.15) is 5.56 Å². The molecule has 2 rings (SSSR count). The lowest BCUT2D eigenvalue weighted by atomic mass is 10.1. The number of imidazole rings is 1. The molecular weight excluding hydrogens is 190 g/mol. The van der Waals surface area contributed by atoms with Crippen molar-refractivity contribution in [3.8, 4) is 0 Å². The van der Waals surface area contributed by atoms with Gasteiger partial charge >= 0.3 is 0 Å². The Balaban J connectivity index is 1.94. The molecule has 0 atom stereocenters. The summed E-state index contributed by atoms with van der Waals surface area (Å²) >= 11 is 0. The summed E-state index contributed by atoms with van der Waals surface area (Å²) in [4.78, 5) is 18.1. The van der Waals surface area contributed by atoms with E-state index in [-0.39, 0.29) is 5.91 Å². The average Bonchev–Trinajstić information content (AvgIpc) is 2.71. The summed E-state index contributed by atoms with van der Waals surface area (Å²) in [6.45, 7) is 0. The van der Waals surface area contributed by atoms with Crippen molar-refractivity contribution in [1.29, 1.82) is 0 Å². The monoisotopic (exact) mass is 200 g/mol. The second-order valence-corrected chi connectivity index (χ2v) is 2.98. The third kappa shape index (κ3) is 2.67. The molecule has 0 saturated heterocycles. The zero-order valence-electron chi connectivity index (χ0n) is 7.97. The van der Waals surface area contributed by atoms with Crippen LogP contribution in [0, 0.1) is 6.42 Å². The zero-order valence-corrected chi connectivity index (χ0v) is 7.97. The van der Waals surface area contributed by atoms with E-state index < -0.39 is 0 Å². The largest absolute Gasteiger partial charge is 0.331 e. The number of anilines is 1. The normalized spacial score (nSPS) is 9.87. The minimum absolute atomic E-state index is 0.198. The molecule has 1 amide bonds. The van der Waals surface area contributed by atoms with Crippen LogP contribution in [0.5, 0.6) is 0 Å². The van der Waals surface area contributed by atoms with Gasteiger partial charge < -0.3 is 4.98 Å². The smallest absolute Gasteiger partial charge is 0.235 e. The zero-order chi connectivity index (χ0) is 10.5. The molecule has 0 bridgehead atoms.